The number of nitrogens with one attached hydrogen (secondary N) is 1. The van der Waals surface area contributed by atoms with Crippen LogP contribution in [0.2, 0.25) is 0 Å². The topological polar surface area (TPSA) is 67.8 Å². The van der Waals surface area contributed by atoms with Crippen LogP contribution in [0.15, 0.2) is 83.3 Å². The number of thiophene rings is 1. The molecular formula is C25H25NO4S. The molecule has 0 spiro atoms. The minimum Gasteiger partial charge on any atom is -0.459 e. The fourth-order valence-electron chi connectivity index (χ4n) is 3.43. The van der Waals surface area contributed by atoms with Gasteiger partial charge in [-0.25, -0.2) is 0 Å². The van der Waals surface area contributed by atoms with Crippen molar-refractivity contribution in [2.45, 2.75) is 38.4 Å². The molecule has 0 radical (unpaired) electrons. The fraction of sp³-hybridized carbons (Fsp3) is 0.240. The number of benzene rings is 2. The molecular weight excluding hydrogens is 410 g/mol. The van der Waals surface area contributed by atoms with Crippen molar-refractivity contribution in [3.8, 4) is 0 Å². The molecule has 0 fully saturated rings. The summed E-state index contributed by atoms with van der Waals surface area (Å²) >= 11 is 1.63. The molecule has 0 saturated heterocycles. The predicted octanol–water partition coefficient (Wildman–Crippen LogP) is 4.49. The van der Waals surface area contributed by atoms with Gasteiger partial charge in [-0.1, -0.05) is 54.6 Å². The summed E-state index contributed by atoms with van der Waals surface area (Å²) < 4.78 is 11.9. The highest BCUT2D eigenvalue weighted by atomic mass is 32.1. The van der Waals surface area contributed by atoms with E-state index in [0.29, 0.717) is 25.3 Å². The van der Waals surface area contributed by atoms with Crippen LogP contribution in [0.25, 0.3) is 0 Å². The summed E-state index contributed by atoms with van der Waals surface area (Å²) in [5.74, 6) is 0.0999. The van der Waals surface area contributed by atoms with Crippen LogP contribution in [0.4, 0.5) is 0 Å². The second-order valence-corrected chi connectivity index (χ2v) is 8.21. The van der Waals surface area contributed by atoms with Gasteiger partial charge in [-0.3, -0.25) is 4.79 Å². The molecule has 4 rings (SSSR count). The lowest BCUT2D eigenvalue weighted by Crippen LogP contribution is -2.32. The van der Waals surface area contributed by atoms with Crippen LogP contribution in [0.5, 0.6) is 0 Å². The van der Waals surface area contributed by atoms with Crippen LogP contribution in [0.3, 0.4) is 0 Å². The van der Waals surface area contributed by atoms with E-state index in [1.165, 1.54) is 0 Å². The van der Waals surface area contributed by atoms with E-state index in [4.69, 9.17) is 9.47 Å². The van der Waals surface area contributed by atoms with Gasteiger partial charge in [0.05, 0.1) is 13.2 Å². The van der Waals surface area contributed by atoms with Crippen molar-refractivity contribution in [3.63, 3.8) is 0 Å². The Hall–Kier alpha value is -2.93. The molecule has 1 aliphatic rings. The van der Waals surface area contributed by atoms with Crippen molar-refractivity contribution >= 4 is 17.2 Å². The molecule has 1 aliphatic heterocycles. The van der Waals surface area contributed by atoms with Gasteiger partial charge < -0.3 is 19.9 Å². The molecule has 0 saturated carbocycles. The first-order chi connectivity index (χ1) is 15.2. The Balaban J connectivity index is 1.42. The first kappa shape index (κ1) is 21.3. The lowest BCUT2D eigenvalue weighted by Gasteiger charge is -2.29. The summed E-state index contributed by atoms with van der Waals surface area (Å²) in [6.07, 6.45) is 2.00. The smallest absolute Gasteiger partial charge is 0.286 e. The molecule has 0 unspecified atom stereocenters. The lowest BCUT2D eigenvalue weighted by atomic mass is 9.95. The third kappa shape index (κ3) is 5.82. The highest BCUT2D eigenvalue weighted by molar-refractivity contribution is 7.08. The van der Waals surface area contributed by atoms with Crippen molar-refractivity contribution in [1.82, 2.24) is 5.32 Å². The van der Waals surface area contributed by atoms with E-state index in [1.54, 1.807) is 11.3 Å². The van der Waals surface area contributed by atoms with E-state index in [1.807, 2.05) is 66.1 Å². The number of rotatable bonds is 8. The summed E-state index contributed by atoms with van der Waals surface area (Å²) in [7, 11) is 0. The minimum absolute atomic E-state index is 0.0153. The standard InChI is InChI=1S/C25H25NO4S/c27-15-19-6-8-20(9-7-19)16-29-24-13-22(21-10-11-31-17-21)12-23(30-24)25(28)26-14-18-4-2-1-3-5-18/h1-12,17,22,24,27H,13-16H2,(H,26,28)/t22-,24+/m1/s1. The molecule has 5 nitrogen and oxygen atoms in total. The minimum atomic E-state index is -0.523. The number of aliphatic hydroxyl groups excluding tert-OH is 1. The average Bonchev–Trinajstić information content (AvgIpc) is 3.37. The van der Waals surface area contributed by atoms with Gasteiger partial charge >= 0.3 is 0 Å². The van der Waals surface area contributed by atoms with E-state index in [2.05, 4.69) is 16.8 Å². The molecule has 1 aromatic heterocycles. The Labute approximate surface area is 186 Å². The van der Waals surface area contributed by atoms with Crippen LogP contribution in [-0.4, -0.2) is 17.3 Å². The number of allylic oxidation sites excluding steroid dienone is 1. The highest BCUT2D eigenvalue weighted by Gasteiger charge is 2.29. The SMILES string of the molecule is O=C(NCc1ccccc1)C1=C[C@@H](c2ccsc2)C[C@@H](OCc2ccc(CO)cc2)O1. The van der Waals surface area contributed by atoms with Gasteiger partial charge in [-0.2, -0.15) is 11.3 Å². The van der Waals surface area contributed by atoms with E-state index < -0.39 is 6.29 Å². The van der Waals surface area contributed by atoms with Crippen molar-refractivity contribution in [2.24, 2.45) is 0 Å². The number of aliphatic hydroxyl groups is 1. The van der Waals surface area contributed by atoms with Gasteiger partial charge in [0.25, 0.3) is 5.91 Å². The fourth-order valence-corrected chi connectivity index (χ4v) is 4.16. The summed E-state index contributed by atoms with van der Waals surface area (Å²) in [6, 6.07) is 19.4. The summed E-state index contributed by atoms with van der Waals surface area (Å²) in [6.45, 7) is 0.819. The third-order valence-corrected chi connectivity index (χ3v) is 5.89. The molecule has 3 aromatic rings. The maximum atomic E-state index is 12.8. The lowest BCUT2D eigenvalue weighted by molar-refractivity contribution is -0.150. The number of hydrogen-bond donors (Lipinski definition) is 2. The van der Waals surface area contributed by atoms with Gasteiger partial charge in [-0.05, 0) is 45.2 Å². The van der Waals surface area contributed by atoms with Crippen LogP contribution in [-0.2, 0) is 34.0 Å². The van der Waals surface area contributed by atoms with Crippen LogP contribution in [0.1, 0.15) is 34.6 Å². The Morgan fingerprint density at radius 2 is 1.84 bits per heavy atom. The summed E-state index contributed by atoms with van der Waals surface area (Å²) in [5.41, 5.74) is 4.02. The maximum absolute atomic E-state index is 12.8. The second-order valence-electron chi connectivity index (χ2n) is 7.43. The second kappa shape index (κ2) is 10.4. The monoisotopic (exact) mass is 435 g/mol. The normalized spacial score (nSPS) is 18.2. The number of amides is 1. The van der Waals surface area contributed by atoms with Gasteiger partial charge in [-0.15, -0.1) is 0 Å². The zero-order chi connectivity index (χ0) is 21.5. The van der Waals surface area contributed by atoms with E-state index in [9.17, 15) is 9.90 Å². The summed E-state index contributed by atoms with van der Waals surface area (Å²) in [4.78, 5) is 12.8. The zero-order valence-electron chi connectivity index (χ0n) is 17.1. The molecule has 31 heavy (non-hydrogen) atoms. The zero-order valence-corrected chi connectivity index (χ0v) is 17.9. The van der Waals surface area contributed by atoms with E-state index in [0.717, 1.165) is 22.3 Å². The van der Waals surface area contributed by atoms with Crippen LogP contribution < -0.4 is 5.32 Å². The van der Waals surface area contributed by atoms with Crippen LogP contribution in [0, 0.1) is 0 Å². The molecule has 1 amide bonds. The molecule has 0 aliphatic carbocycles. The number of hydrogen-bond acceptors (Lipinski definition) is 5. The predicted molar refractivity (Wildman–Crippen MR) is 120 cm³/mol. The Bertz CT molecular complexity index is 1000. The average molecular weight is 436 g/mol. The molecule has 2 N–H and O–H groups in total. The van der Waals surface area contributed by atoms with Crippen molar-refractivity contribution in [3.05, 3.63) is 106 Å². The van der Waals surface area contributed by atoms with Crippen molar-refractivity contribution < 1.29 is 19.4 Å². The van der Waals surface area contributed by atoms with E-state index in [-0.39, 0.29) is 18.4 Å². The van der Waals surface area contributed by atoms with Crippen molar-refractivity contribution in [1.29, 1.82) is 0 Å². The first-order valence-electron chi connectivity index (χ1n) is 10.2. The maximum Gasteiger partial charge on any atom is 0.286 e. The van der Waals surface area contributed by atoms with Crippen molar-refractivity contribution in [2.75, 3.05) is 0 Å². The number of ether oxygens (including phenoxy) is 2. The molecule has 2 aromatic carbocycles. The molecule has 2 atom stereocenters. The first-order valence-corrected chi connectivity index (χ1v) is 11.2. The Kier molecular flexibility index (Phi) is 7.14. The van der Waals surface area contributed by atoms with Gasteiger partial charge in [0, 0.05) is 18.9 Å². The Morgan fingerprint density at radius 3 is 2.55 bits per heavy atom. The highest BCUT2D eigenvalue weighted by Crippen LogP contribution is 2.33. The van der Waals surface area contributed by atoms with Gasteiger partial charge in [0.15, 0.2) is 5.76 Å². The number of carbonyl (C=O) groups is 1. The quantitative estimate of drug-likeness (QED) is 0.547. The number of carbonyl (C=O) groups excluding carboxylic acids is 1. The van der Waals surface area contributed by atoms with E-state index >= 15 is 0 Å². The summed E-state index contributed by atoms with van der Waals surface area (Å²) in [5, 5.41) is 16.2. The largest absolute Gasteiger partial charge is 0.459 e. The van der Waals surface area contributed by atoms with Crippen LogP contribution >= 0.6 is 11.3 Å². The molecule has 0 bridgehead atoms. The van der Waals surface area contributed by atoms with Gasteiger partial charge in [0.1, 0.15) is 0 Å². The molecule has 2 heterocycles. The molecule has 160 valence electrons. The Morgan fingerprint density at radius 1 is 1.06 bits per heavy atom. The van der Waals surface area contributed by atoms with Gasteiger partial charge in [0.2, 0.25) is 6.29 Å². The molecule has 6 heteroatoms. The third-order valence-electron chi connectivity index (χ3n) is 5.19.